The molecule has 0 aliphatic carbocycles. The van der Waals surface area contributed by atoms with Gasteiger partial charge in [-0.3, -0.25) is 4.79 Å². The number of benzene rings is 3. The normalized spacial score (nSPS) is 10.8. The summed E-state index contributed by atoms with van der Waals surface area (Å²) in [6, 6.07) is 22.6. The number of halogens is 1. The van der Waals surface area contributed by atoms with E-state index >= 15 is 0 Å². The zero-order valence-corrected chi connectivity index (χ0v) is 18.2. The van der Waals surface area contributed by atoms with E-state index in [1.54, 1.807) is 37.6 Å². The number of aromatic amines is 1. The van der Waals surface area contributed by atoms with Gasteiger partial charge in [-0.05, 0) is 66.7 Å². The lowest BCUT2D eigenvalue weighted by atomic mass is 10.1. The third-order valence-corrected chi connectivity index (χ3v) is 5.25. The zero-order chi connectivity index (χ0) is 23.5. The predicted molar refractivity (Wildman–Crippen MR) is 130 cm³/mol. The second-order valence-corrected chi connectivity index (χ2v) is 7.57. The van der Waals surface area contributed by atoms with Crippen LogP contribution >= 0.6 is 0 Å². The molecule has 2 aromatic heterocycles. The Labute approximate surface area is 194 Å². The molecule has 0 saturated carbocycles. The van der Waals surface area contributed by atoms with Crippen molar-refractivity contribution in [2.75, 3.05) is 17.7 Å². The van der Waals surface area contributed by atoms with Crippen molar-refractivity contribution in [2.45, 2.75) is 0 Å². The number of amides is 1. The van der Waals surface area contributed by atoms with Gasteiger partial charge in [-0.1, -0.05) is 12.1 Å². The molecule has 8 heteroatoms. The molecule has 34 heavy (non-hydrogen) atoms. The Morgan fingerprint density at radius 2 is 1.82 bits per heavy atom. The van der Waals surface area contributed by atoms with Gasteiger partial charge in [-0.15, -0.1) is 0 Å². The zero-order valence-electron chi connectivity index (χ0n) is 18.2. The molecule has 5 rings (SSSR count). The summed E-state index contributed by atoms with van der Waals surface area (Å²) in [6.07, 6.45) is 1.67. The van der Waals surface area contributed by atoms with Crippen molar-refractivity contribution in [3.8, 4) is 17.0 Å². The van der Waals surface area contributed by atoms with Crippen LogP contribution in [-0.4, -0.2) is 28.0 Å². The van der Waals surface area contributed by atoms with E-state index in [0.29, 0.717) is 33.9 Å². The third kappa shape index (κ3) is 4.56. The van der Waals surface area contributed by atoms with Crippen LogP contribution in [0.3, 0.4) is 0 Å². The number of ether oxygens (including phenoxy) is 1. The van der Waals surface area contributed by atoms with Crippen molar-refractivity contribution in [3.05, 3.63) is 96.6 Å². The van der Waals surface area contributed by atoms with E-state index in [0.717, 1.165) is 17.0 Å². The van der Waals surface area contributed by atoms with Gasteiger partial charge in [-0.25, -0.2) is 14.4 Å². The number of rotatable bonds is 6. The molecule has 0 saturated heterocycles. The SMILES string of the molecule is COc1ccc(Nc2nccc(-c3cccc(NC(=O)c4cc5cc(F)ccc5[nH]4)c3)n2)cc1. The summed E-state index contributed by atoms with van der Waals surface area (Å²) in [5.41, 5.74) is 3.99. The fourth-order valence-electron chi connectivity index (χ4n) is 3.56. The van der Waals surface area contributed by atoms with Crippen LogP contribution in [0.1, 0.15) is 10.5 Å². The summed E-state index contributed by atoms with van der Waals surface area (Å²) < 4.78 is 18.6. The summed E-state index contributed by atoms with van der Waals surface area (Å²) in [7, 11) is 1.62. The number of nitrogens with one attached hydrogen (secondary N) is 3. The molecule has 7 nitrogen and oxygen atoms in total. The molecule has 0 aliphatic rings. The first-order valence-corrected chi connectivity index (χ1v) is 10.5. The molecule has 168 valence electrons. The van der Waals surface area contributed by atoms with E-state index in [1.807, 2.05) is 42.5 Å². The smallest absolute Gasteiger partial charge is 0.272 e. The number of fused-ring (bicyclic) bond motifs is 1. The maximum Gasteiger partial charge on any atom is 0.272 e. The van der Waals surface area contributed by atoms with Gasteiger partial charge < -0.3 is 20.4 Å². The highest BCUT2D eigenvalue weighted by Crippen LogP contribution is 2.24. The number of carbonyl (C=O) groups excluding carboxylic acids is 1. The molecule has 0 atom stereocenters. The van der Waals surface area contributed by atoms with Crippen molar-refractivity contribution in [2.24, 2.45) is 0 Å². The predicted octanol–water partition coefficient (Wildman–Crippen LogP) is 5.77. The minimum absolute atomic E-state index is 0.321. The Kier molecular flexibility index (Phi) is 5.61. The number of aromatic nitrogens is 3. The first-order chi connectivity index (χ1) is 16.6. The summed E-state index contributed by atoms with van der Waals surface area (Å²) in [6.45, 7) is 0. The van der Waals surface area contributed by atoms with Crippen molar-refractivity contribution < 1.29 is 13.9 Å². The maximum absolute atomic E-state index is 13.4. The molecule has 0 radical (unpaired) electrons. The summed E-state index contributed by atoms with van der Waals surface area (Å²) >= 11 is 0. The van der Waals surface area contributed by atoms with E-state index in [4.69, 9.17) is 4.74 Å². The molecule has 0 spiro atoms. The molecular formula is C26H20FN5O2. The third-order valence-electron chi connectivity index (χ3n) is 5.25. The molecule has 0 aliphatic heterocycles. The van der Waals surface area contributed by atoms with Gasteiger partial charge in [0.25, 0.3) is 5.91 Å². The second-order valence-electron chi connectivity index (χ2n) is 7.57. The van der Waals surface area contributed by atoms with Crippen LogP contribution in [0, 0.1) is 5.82 Å². The van der Waals surface area contributed by atoms with Gasteiger partial charge in [0.05, 0.1) is 12.8 Å². The van der Waals surface area contributed by atoms with Gasteiger partial charge in [0, 0.05) is 34.0 Å². The van der Waals surface area contributed by atoms with Crippen LogP contribution in [-0.2, 0) is 0 Å². The van der Waals surface area contributed by atoms with Crippen molar-refractivity contribution >= 4 is 34.1 Å². The number of carbonyl (C=O) groups is 1. The Balaban J connectivity index is 1.34. The largest absolute Gasteiger partial charge is 0.497 e. The highest BCUT2D eigenvalue weighted by atomic mass is 19.1. The van der Waals surface area contributed by atoms with Gasteiger partial charge >= 0.3 is 0 Å². The number of nitrogens with zero attached hydrogens (tertiary/aromatic N) is 2. The van der Waals surface area contributed by atoms with Gasteiger partial charge in [0.1, 0.15) is 17.3 Å². The van der Waals surface area contributed by atoms with Crippen LogP contribution < -0.4 is 15.4 Å². The van der Waals surface area contributed by atoms with E-state index in [1.165, 1.54) is 12.1 Å². The van der Waals surface area contributed by atoms with Gasteiger partial charge in [-0.2, -0.15) is 0 Å². The van der Waals surface area contributed by atoms with Crippen molar-refractivity contribution in [3.63, 3.8) is 0 Å². The average molecular weight is 453 g/mol. The van der Waals surface area contributed by atoms with Crippen LogP contribution in [0.15, 0.2) is 85.1 Å². The standard InChI is InChI=1S/C26H20FN5O2/c1-34-21-8-6-19(7-9-21)30-26-28-12-11-23(32-26)16-3-2-4-20(14-16)29-25(33)24-15-17-13-18(27)5-10-22(17)31-24/h2-15,31H,1H3,(H,29,33)(H,28,30,32). The Morgan fingerprint density at radius 1 is 0.971 bits per heavy atom. The summed E-state index contributed by atoms with van der Waals surface area (Å²) in [4.78, 5) is 24.6. The number of hydrogen-bond acceptors (Lipinski definition) is 5. The first-order valence-electron chi connectivity index (χ1n) is 10.5. The van der Waals surface area contributed by atoms with Crippen molar-refractivity contribution in [1.82, 2.24) is 15.0 Å². The lowest BCUT2D eigenvalue weighted by Gasteiger charge is -2.09. The monoisotopic (exact) mass is 453 g/mol. The van der Waals surface area contributed by atoms with E-state index < -0.39 is 0 Å². The van der Waals surface area contributed by atoms with Crippen LogP contribution in [0.4, 0.5) is 21.7 Å². The van der Waals surface area contributed by atoms with E-state index in [-0.39, 0.29) is 11.7 Å². The Hall–Kier alpha value is -4.72. The highest BCUT2D eigenvalue weighted by molar-refractivity contribution is 6.06. The highest BCUT2D eigenvalue weighted by Gasteiger charge is 2.11. The molecule has 3 N–H and O–H groups in total. The van der Waals surface area contributed by atoms with E-state index in [9.17, 15) is 9.18 Å². The lowest BCUT2D eigenvalue weighted by Crippen LogP contribution is -2.12. The average Bonchev–Trinajstić information content (AvgIpc) is 3.28. The number of methoxy groups -OCH3 is 1. The minimum Gasteiger partial charge on any atom is -0.497 e. The first kappa shape index (κ1) is 21.1. The number of anilines is 3. The second kappa shape index (κ2) is 9.03. The lowest BCUT2D eigenvalue weighted by molar-refractivity contribution is 0.102. The summed E-state index contributed by atoms with van der Waals surface area (Å²) in [5, 5.41) is 6.68. The quantitative estimate of drug-likeness (QED) is 0.304. The van der Waals surface area contributed by atoms with E-state index in [2.05, 4.69) is 25.6 Å². The molecular weight excluding hydrogens is 433 g/mol. The fraction of sp³-hybridized carbons (Fsp3) is 0.0385. The molecule has 5 aromatic rings. The molecule has 2 heterocycles. The number of hydrogen-bond donors (Lipinski definition) is 3. The van der Waals surface area contributed by atoms with Gasteiger partial charge in [0.15, 0.2) is 0 Å². The molecule has 0 unspecified atom stereocenters. The van der Waals surface area contributed by atoms with Crippen LogP contribution in [0.5, 0.6) is 5.75 Å². The number of H-pyrrole nitrogens is 1. The summed E-state index contributed by atoms with van der Waals surface area (Å²) in [5.74, 6) is 0.538. The van der Waals surface area contributed by atoms with Crippen molar-refractivity contribution in [1.29, 1.82) is 0 Å². The maximum atomic E-state index is 13.4. The Morgan fingerprint density at radius 3 is 2.65 bits per heavy atom. The minimum atomic E-state index is -0.350. The van der Waals surface area contributed by atoms with Crippen LogP contribution in [0.2, 0.25) is 0 Å². The van der Waals surface area contributed by atoms with Gasteiger partial charge in [0.2, 0.25) is 5.95 Å². The molecule has 3 aromatic carbocycles. The molecule has 0 bridgehead atoms. The fourth-order valence-corrected chi connectivity index (χ4v) is 3.56. The molecule has 1 amide bonds. The topological polar surface area (TPSA) is 91.9 Å². The Bertz CT molecular complexity index is 1480. The molecule has 0 fully saturated rings. The van der Waals surface area contributed by atoms with Crippen LogP contribution in [0.25, 0.3) is 22.2 Å².